The van der Waals surface area contributed by atoms with E-state index < -0.39 is 0 Å². The Bertz CT molecular complexity index is 3610. The summed E-state index contributed by atoms with van der Waals surface area (Å²) in [6, 6.07) is 68.9. The molecule has 4 heterocycles. The van der Waals surface area contributed by atoms with E-state index in [1.54, 1.807) is 0 Å². The number of imidazole rings is 1. The van der Waals surface area contributed by atoms with E-state index in [9.17, 15) is 0 Å². The van der Waals surface area contributed by atoms with Crippen LogP contribution in [0, 0.1) is 0 Å². The van der Waals surface area contributed by atoms with Gasteiger partial charge in [-0.3, -0.25) is 0 Å². The Morgan fingerprint density at radius 2 is 0.967 bits per heavy atom. The Balaban J connectivity index is 0.999. The fourth-order valence-electron chi connectivity index (χ4n) is 9.38. The van der Waals surface area contributed by atoms with Crippen molar-refractivity contribution in [3.63, 3.8) is 0 Å². The van der Waals surface area contributed by atoms with Gasteiger partial charge in [-0.25, -0.2) is 19.9 Å². The zero-order valence-corrected chi connectivity index (χ0v) is 32.2. The largest absolute Gasteiger partial charge is 0.309 e. The van der Waals surface area contributed by atoms with Crippen LogP contribution in [0.3, 0.4) is 0 Å². The molecular weight excluding hydrogens is 733 g/mol. The first-order chi connectivity index (χ1) is 29.7. The van der Waals surface area contributed by atoms with E-state index in [2.05, 4.69) is 208 Å². The minimum atomic E-state index is 0.627. The smallest absolute Gasteiger partial charge is 0.292 e. The highest BCUT2D eigenvalue weighted by Crippen LogP contribution is 2.45. The van der Waals surface area contributed by atoms with Gasteiger partial charge in [0.15, 0.2) is 28.5 Å². The maximum atomic E-state index is 5.14. The SMILES string of the molecule is c1ccc(-c2[nH]c3ccc4c5c6c(cccc6n4-c4ccc(-c6nc(-c7ccc8ccccc8c7)nc(-c7ccc8ccccc8c7)n6)cc4)-c4ccccc4-[n+]2c35)cc1. The zero-order valence-electron chi connectivity index (χ0n) is 32.2. The summed E-state index contributed by atoms with van der Waals surface area (Å²) in [6.07, 6.45) is 0. The molecule has 0 saturated carbocycles. The number of nitrogens with zero attached hydrogens (tertiary/aromatic N) is 5. The molecule has 0 amide bonds. The summed E-state index contributed by atoms with van der Waals surface area (Å²) < 4.78 is 4.83. The molecule has 278 valence electrons. The third-order valence-corrected chi connectivity index (χ3v) is 12.1. The Kier molecular flexibility index (Phi) is 6.91. The van der Waals surface area contributed by atoms with E-state index >= 15 is 0 Å². The number of H-pyrrole nitrogens is 1. The van der Waals surface area contributed by atoms with E-state index in [-0.39, 0.29) is 0 Å². The summed E-state index contributed by atoms with van der Waals surface area (Å²) in [6.45, 7) is 0. The number of para-hydroxylation sites is 1. The van der Waals surface area contributed by atoms with Crippen LogP contribution in [0.15, 0.2) is 194 Å². The number of nitrogens with one attached hydrogen (secondary N) is 1. The van der Waals surface area contributed by atoms with Crippen molar-refractivity contribution in [1.82, 2.24) is 24.5 Å². The predicted octanol–water partition coefficient (Wildman–Crippen LogP) is 12.7. The van der Waals surface area contributed by atoms with Crippen LogP contribution in [0.5, 0.6) is 0 Å². The predicted molar refractivity (Wildman–Crippen MR) is 243 cm³/mol. The minimum absolute atomic E-state index is 0.627. The van der Waals surface area contributed by atoms with Gasteiger partial charge in [0.05, 0.1) is 22.0 Å². The topological polar surface area (TPSA) is 63.3 Å². The van der Waals surface area contributed by atoms with Gasteiger partial charge in [0.25, 0.3) is 5.82 Å². The quantitative estimate of drug-likeness (QED) is 0.178. The number of aromatic nitrogens is 6. The summed E-state index contributed by atoms with van der Waals surface area (Å²) in [7, 11) is 0. The molecular formula is C54H33N6+. The van der Waals surface area contributed by atoms with Crippen LogP contribution in [0.25, 0.3) is 122 Å². The highest BCUT2D eigenvalue weighted by molar-refractivity contribution is 6.24. The van der Waals surface area contributed by atoms with Crippen LogP contribution >= 0.6 is 0 Å². The first-order valence-electron chi connectivity index (χ1n) is 20.3. The maximum absolute atomic E-state index is 5.14. The normalized spacial score (nSPS) is 12.0. The fourth-order valence-corrected chi connectivity index (χ4v) is 9.38. The summed E-state index contributed by atoms with van der Waals surface area (Å²) in [5, 5.41) is 7.12. The Morgan fingerprint density at radius 1 is 0.400 bits per heavy atom. The molecule has 1 N–H and O–H groups in total. The second-order valence-corrected chi connectivity index (χ2v) is 15.6. The summed E-state index contributed by atoms with van der Waals surface area (Å²) in [4.78, 5) is 19.2. The number of aromatic amines is 1. The molecule has 6 nitrogen and oxygen atoms in total. The van der Waals surface area contributed by atoms with E-state index in [1.165, 1.54) is 38.2 Å². The molecule has 6 heteroatoms. The van der Waals surface area contributed by atoms with E-state index in [1.807, 2.05) is 0 Å². The molecule has 3 aromatic heterocycles. The van der Waals surface area contributed by atoms with Gasteiger partial charge >= 0.3 is 0 Å². The lowest BCUT2D eigenvalue weighted by Crippen LogP contribution is -2.32. The monoisotopic (exact) mass is 765 g/mol. The third-order valence-electron chi connectivity index (χ3n) is 12.1. The standard InChI is InChI=1S/C54H32N6/c1-2-13-36(14-3-1)54-55-44-29-30-47-49-48-43(42-17-8-9-19-45(42)60(54)50(44)49)18-10-20-46(48)59(47)41-27-25-35(26-28-41)51-56-52(39-23-21-33-11-4-6-15-37(33)31-39)58-53(57-51)40-24-22-34-12-5-7-16-38(34)32-40/h1-32H/p+1. The summed E-state index contributed by atoms with van der Waals surface area (Å²) in [5.74, 6) is 2.97. The molecule has 0 bridgehead atoms. The average molecular weight is 766 g/mol. The lowest BCUT2D eigenvalue weighted by atomic mass is 9.99. The first-order valence-corrected chi connectivity index (χ1v) is 20.3. The van der Waals surface area contributed by atoms with Gasteiger partial charge in [-0.1, -0.05) is 121 Å². The van der Waals surface area contributed by atoms with Gasteiger partial charge < -0.3 is 4.57 Å². The van der Waals surface area contributed by atoms with E-state index in [4.69, 9.17) is 15.0 Å². The second-order valence-electron chi connectivity index (χ2n) is 15.6. The summed E-state index contributed by atoms with van der Waals surface area (Å²) in [5.41, 5.74) is 13.2. The van der Waals surface area contributed by atoms with Crippen molar-refractivity contribution in [2.75, 3.05) is 0 Å². The molecule has 0 fully saturated rings. The van der Waals surface area contributed by atoms with Crippen molar-refractivity contribution >= 4 is 54.4 Å². The number of hydrogen-bond acceptors (Lipinski definition) is 3. The van der Waals surface area contributed by atoms with Crippen LogP contribution in [0.4, 0.5) is 0 Å². The molecule has 0 unspecified atom stereocenters. The van der Waals surface area contributed by atoms with Crippen molar-refractivity contribution in [2.45, 2.75) is 0 Å². The van der Waals surface area contributed by atoms with Crippen molar-refractivity contribution in [3.05, 3.63) is 194 Å². The van der Waals surface area contributed by atoms with Crippen LogP contribution in [-0.4, -0.2) is 24.5 Å². The van der Waals surface area contributed by atoms with Gasteiger partial charge in [-0.15, -0.1) is 0 Å². The van der Waals surface area contributed by atoms with Crippen molar-refractivity contribution in [2.24, 2.45) is 0 Å². The summed E-state index contributed by atoms with van der Waals surface area (Å²) >= 11 is 0. The van der Waals surface area contributed by atoms with Crippen LogP contribution < -0.4 is 4.57 Å². The molecule has 0 saturated heterocycles. The number of benzene rings is 9. The van der Waals surface area contributed by atoms with E-state index in [0.29, 0.717) is 17.5 Å². The highest BCUT2D eigenvalue weighted by atomic mass is 15.1. The first kappa shape index (κ1) is 32.8. The molecule has 13 rings (SSSR count). The van der Waals surface area contributed by atoms with E-state index in [0.717, 1.165) is 66.8 Å². The van der Waals surface area contributed by atoms with Gasteiger partial charge in [-0.05, 0) is 99.9 Å². The zero-order chi connectivity index (χ0) is 39.3. The van der Waals surface area contributed by atoms with Crippen molar-refractivity contribution in [3.8, 4) is 68.1 Å². The Hall–Kier alpha value is -8.22. The molecule has 1 aliphatic heterocycles. The number of rotatable bonds is 5. The highest BCUT2D eigenvalue weighted by Gasteiger charge is 2.32. The van der Waals surface area contributed by atoms with Gasteiger partial charge in [0.2, 0.25) is 0 Å². The molecule has 9 aromatic carbocycles. The second kappa shape index (κ2) is 12.6. The molecule has 0 aliphatic carbocycles. The Labute approximate surface area is 344 Å². The minimum Gasteiger partial charge on any atom is -0.309 e. The lowest BCUT2D eigenvalue weighted by Gasteiger charge is -2.12. The lowest BCUT2D eigenvalue weighted by molar-refractivity contribution is -0.553. The molecule has 1 aliphatic rings. The number of fused-ring (bicyclic) bond motifs is 5. The molecule has 0 atom stereocenters. The third kappa shape index (κ3) is 4.88. The van der Waals surface area contributed by atoms with Crippen molar-refractivity contribution in [1.29, 1.82) is 0 Å². The molecule has 60 heavy (non-hydrogen) atoms. The van der Waals surface area contributed by atoms with Crippen LogP contribution in [0.1, 0.15) is 0 Å². The van der Waals surface area contributed by atoms with Gasteiger partial charge in [0, 0.05) is 33.3 Å². The van der Waals surface area contributed by atoms with Gasteiger partial charge in [0.1, 0.15) is 5.69 Å². The average Bonchev–Trinajstić information content (AvgIpc) is 3.84. The van der Waals surface area contributed by atoms with Crippen LogP contribution in [-0.2, 0) is 0 Å². The molecule has 0 spiro atoms. The molecule has 0 radical (unpaired) electrons. The maximum Gasteiger partial charge on any atom is 0.292 e. The van der Waals surface area contributed by atoms with Gasteiger partial charge in [-0.2, -0.15) is 4.57 Å². The van der Waals surface area contributed by atoms with Crippen LogP contribution in [0.2, 0.25) is 0 Å². The Morgan fingerprint density at radius 3 is 1.67 bits per heavy atom. The van der Waals surface area contributed by atoms with Crippen molar-refractivity contribution < 1.29 is 4.57 Å². The number of hydrogen-bond donors (Lipinski definition) is 1. The molecule has 12 aromatic rings. The fraction of sp³-hybridized carbons (Fsp3) is 0.